The molecule has 132 valence electrons. The van der Waals surface area contributed by atoms with Crippen molar-refractivity contribution in [2.24, 2.45) is 0 Å². The van der Waals surface area contributed by atoms with E-state index >= 15 is 0 Å². The molecule has 0 atom stereocenters. The molecule has 0 saturated carbocycles. The van der Waals surface area contributed by atoms with Crippen LogP contribution in [0.15, 0.2) is 24.3 Å². The number of rotatable bonds is 7. The van der Waals surface area contributed by atoms with Crippen molar-refractivity contribution >= 4 is 17.5 Å². The third-order valence-electron chi connectivity index (χ3n) is 4.28. The van der Waals surface area contributed by atoms with Gasteiger partial charge in [0.15, 0.2) is 0 Å². The highest BCUT2D eigenvalue weighted by atomic mass is 16.2. The molecule has 1 heterocycles. The highest BCUT2D eigenvalue weighted by Gasteiger charge is 2.18. The lowest BCUT2D eigenvalue weighted by Crippen LogP contribution is -2.47. The molecule has 2 N–H and O–H groups in total. The first kappa shape index (κ1) is 18.4. The van der Waals surface area contributed by atoms with Gasteiger partial charge in [0.2, 0.25) is 11.8 Å². The second-order valence-corrected chi connectivity index (χ2v) is 6.31. The monoisotopic (exact) mass is 332 g/mol. The van der Waals surface area contributed by atoms with E-state index in [1.807, 2.05) is 36.2 Å². The van der Waals surface area contributed by atoms with Crippen molar-refractivity contribution in [3.63, 3.8) is 0 Å². The Morgan fingerprint density at radius 3 is 2.38 bits per heavy atom. The minimum absolute atomic E-state index is 0.0199. The maximum Gasteiger partial charge on any atom is 0.227 e. The van der Waals surface area contributed by atoms with Crippen molar-refractivity contribution in [2.75, 3.05) is 52.1 Å². The zero-order valence-corrected chi connectivity index (χ0v) is 14.7. The van der Waals surface area contributed by atoms with Crippen molar-refractivity contribution < 1.29 is 9.59 Å². The van der Waals surface area contributed by atoms with Gasteiger partial charge in [0.05, 0.1) is 6.42 Å². The van der Waals surface area contributed by atoms with Gasteiger partial charge in [-0.1, -0.05) is 12.1 Å². The Labute approximate surface area is 144 Å². The number of amides is 2. The summed E-state index contributed by atoms with van der Waals surface area (Å²) in [5.74, 6) is 0.193. The first-order chi connectivity index (χ1) is 11.6. The van der Waals surface area contributed by atoms with Crippen LogP contribution in [0.3, 0.4) is 0 Å². The van der Waals surface area contributed by atoms with Crippen LogP contribution in [0.1, 0.15) is 18.4 Å². The Morgan fingerprint density at radius 1 is 1.08 bits per heavy atom. The van der Waals surface area contributed by atoms with Gasteiger partial charge in [0, 0.05) is 38.3 Å². The number of hydrogen-bond acceptors (Lipinski definition) is 4. The predicted molar refractivity (Wildman–Crippen MR) is 96.0 cm³/mol. The average molecular weight is 332 g/mol. The topological polar surface area (TPSA) is 64.7 Å². The average Bonchev–Trinajstić information content (AvgIpc) is 2.57. The second-order valence-electron chi connectivity index (χ2n) is 6.31. The molecule has 1 aliphatic heterocycles. The lowest BCUT2D eigenvalue weighted by Gasteiger charge is -2.32. The van der Waals surface area contributed by atoms with Crippen LogP contribution < -0.4 is 10.6 Å². The molecule has 2 rings (SSSR count). The van der Waals surface area contributed by atoms with Crippen LogP contribution in [-0.2, 0) is 16.0 Å². The highest BCUT2D eigenvalue weighted by Crippen LogP contribution is 2.12. The molecular formula is C18H28N4O2. The van der Waals surface area contributed by atoms with E-state index in [-0.39, 0.29) is 11.8 Å². The van der Waals surface area contributed by atoms with Crippen LogP contribution in [0, 0.1) is 0 Å². The summed E-state index contributed by atoms with van der Waals surface area (Å²) in [6.07, 6.45) is 1.74. The van der Waals surface area contributed by atoms with Gasteiger partial charge in [-0.05, 0) is 44.8 Å². The van der Waals surface area contributed by atoms with Crippen LogP contribution in [0.25, 0.3) is 0 Å². The lowest BCUT2D eigenvalue weighted by atomic mass is 10.1. The highest BCUT2D eigenvalue weighted by molar-refractivity contribution is 5.90. The minimum Gasteiger partial charge on any atom is -0.340 e. The van der Waals surface area contributed by atoms with Crippen LogP contribution in [0.2, 0.25) is 0 Å². The van der Waals surface area contributed by atoms with Gasteiger partial charge < -0.3 is 20.4 Å². The largest absolute Gasteiger partial charge is 0.340 e. The third-order valence-corrected chi connectivity index (χ3v) is 4.28. The number of carbonyl (C=O) groups is 2. The zero-order valence-electron chi connectivity index (χ0n) is 14.7. The maximum absolute atomic E-state index is 12.3. The summed E-state index contributed by atoms with van der Waals surface area (Å²) in [4.78, 5) is 28.3. The van der Waals surface area contributed by atoms with Gasteiger partial charge in [0.25, 0.3) is 0 Å². The molecule has 0 radical (unpaired) electrons. The normalized spacial score (nSPS) is 15.3. The number of piperazine rings is 1. The van der Waals surface area contributed by atoms with E-state index in [1.165, 1.54) is 0 Å². The summed E-state index contributed by atoms with van der Waals surface area (Å²) >= 11 is 0. The molecule has 1 aromatic rings. The number of nitrogens with one attached hydrogen (secondary N) is 2. The van der Waals surface area contributed by atoms with Gasteiger partial charge in [-0.2, -0.15) is 0 Å². The van der Waals surface area contributed by atoms with Crippen molar-refractivity contribution in [3.05, 3.63) is 29.8 Å². The minimum atomic E-state index is 0.0199. The first-order valence-corrected chi connectivity index (χ1v) is 8.58. The Bertz CT molecular complexity index is 536. The Hall–Kier alpha value is -1.92. The molecule has 1 fully saturated rings. The Balaban J connectivity index is 1.79. The SMILES string of the molecule is CNCCCC(=O)Nc1ccc(CC(=O)N2CCN(C)CC2)cc1. The summed E-state index contributed by atoms with van der Waals surface area (Å²) in [6, 6.07) is 7.56. The number of anilines is 1. The Morgan fingerprint density at radius 2 is 1.75 bits per heavy atom. The molecule has 0 spiro atoms. The smallest absolute Gasteiger partial charge is 0.227 e. The van der Waals surface area contributed by atoms with E-state index in [2.05, 4.69) is 22.6 Å². The first-order valence-electron chi connectivity index (χ1n) is 8.58. The third kappa shape index (κ3) is 5.94. The number of nitrogens with zero attached hydrogens (tertiary/aromatic N) is 2. The molecule has 6 nitrogen and oxygen atoms in total. The van der Waals surface area contributed by atoms with Gasteiger partial charge in [-0.3, -0.25) is 9.59 Å². The summed E-state index contributed by atoms with van der Waals surface area (Å²) < 4.78 is 0. The van der Waals surface area contributed by atoms with Gasteiger partial charge in [0.1, 0.15) is 0 Å². The van der Waals surface area contributed by atoms with Gasteiger partial charge in [-0.25, -0.2) is 0 Å². The van der Waals surface area contributed by atoms with E-state index < -0.39 is 0 Å². The fraction of sp³-hybridized carbons (Fsp3) is 0.556. The van der Waals surface area contributed by atoms with Gasteiger partial charge >= 0.3 is 0 Å². The summed E-state index contributed by atoms with van der Waals surface area (Å²) in [5.41, 5.74) is 1.76. The Kier molecular flexibility index (Phi) is 7.21. The van der Waals surface area contributed by atoms with Crippen molar-refractivity contribution in [1.29, 1.82) is 0 Å². The van der Waals surface area contributed by atoms with Crippen LogP contribution in [0.5, 0.6) is 0 Å². The van der Waals surface area contributed by atoms with E-state index in [0.29, 0.717) is 12.8 Å². The summed E-state index contributed by atoms with van der Waals surface area (Å²) in [6.45, 7) is 4.31. The molecule has 0 unspecified atom stereocenters. The number of likely N-dealkylation sites (N-methyl/N-ethyl adjacent to an activating group) is 1. The fourth-order valence-electron chi connectivity index (χ4n) is 2.70. The summed E-state index contributed by atoms with van der Waals surface area (Å²) in [5, 5.41) is 5.91. The van der Waals surface area contributed by atoms with Gasteiger partial charge in [-0.15, -0.1) is 0 Å². The molecule has 1 aromatic carbocycles. The van der Waals surface area contributed by atoms with E-state index in [0.717, 1.165) is 50.4 Å². The lowest BCUT2D eigenvalue weighted by molar-refractivity contribution is -0.132. The second kappa shape index (κ2) is 9.39. The molecule has 1 aliphatic rings. The molecule has 1 saturated heterocycles. The van der Waals surface area contributed by atoms with Crippen LogP contribution in [-0.4, -0.2) is 68.4 Å². The molecule has 6 heteroatoms. The quantitative estimate of drug-likeness (QED) is 0.730. The maximum atomic E-state index is 12.3. The van der Waals surface area contributed by atoms with Crippen LogP contribution in [0.4, 0.5) is 5.69 Å². The number of benzene rings is 1. The van der Waals surface area contributed by atoms with E-state index in [9.17, 15) is 9.59 Å². The zero-order chi connectivity index (χ0) is 17.4. The number of hydrogen-bond donors (Lipinski definition) is 2. The van der Waals surface area contributed by atoms with E-state index in [4.69, 9.17) is 0 Å². The molecule has 0 aliphatic carbocycles. The molecule has 2 amide bonds. The van der Waals surface area contributed by atoms with E-state index in [1.54, 1.807) is 0 Å². The molecular weight excluding hydrogens is 304 g/mol. The standard InChI is InChI=1S/C18H28N4O2/c1-19-9-3-4-17(23)20-16-7-5-15(6-8-16)14-18(24)22-12-10-21(2)11-13-22/h5-8,19H,3-4,9-14H2,1-2H3,(H,20,23). The molecule has 0 bridgehead atoms. The van der Waals surface area contributed by atoms with Crippen LogP contribution >= 0.6 is 0 Å². The predicted octanol–water partition coefficient (Wildman–Crippen LogP) is 0.941. The van der Waals surface area contributed by atoms with Crippen molar-refractivity contribution in [3.8, 4) is 0 Å². The fourth-order valence-corrected chi connectivity index (χ4v) is 2.70. The van der Waals surface area contributed by atoms with Crippen molar-refractivity contribution in [2.45, 2.75) is 19.3 Å². The number of carbonyl (C=O) groups excluding carboxylic acids is 2. The summed E-state index contributed by atoms with van der Waals surface area (Å²) in [7, 11) is 3.95. The molecule has 0 aromatic heterocycles. The molecule has 24 heavy (non-hydrogen) atoms. The van der Waals surface area contributed by atoms with Crippen molar-refractivity contribution in [1.82, 2.24) is 15.1 Å².